The van der Waals surface area contributed by atoms with Crippen molar-refractivity contribution in [3.8, 4) is 0 Å². The first kappa shape index (κ1) is 24.9. The Morgan fingerprint density at radius 1 is 0.875 bits per heavy atom. The molecule has 8 nitrogen and oxygen atoms in total. The van der Waals surface area contributed by atoms with Gasteiger partial charge in [0.05, 0.1) is 6.04 Å². The van der Waals surface area contributed by atoms with E-state index in [-0.39, 0.29) is 6.61 Å². The van der Waals surface area contributed by atoms with Crippen molar-refractivity contribution in [3.63, 3.8) is 0 Å². The minimum absolute atomic E-state index is 0.190. The van der Waals surface area contributed by atoms with Crippen molar-refractivity contribution >= 4 is 18.0 Å². The van der Waals surface area contributed by atoms with Crippen molar-refractivity contribution in [1.82, 2.24) is 10.6 Å². The number of amides is 2. The van der Waals surface area contributed by atoms with Gasteiger partial charge in [-0.05, 0) is 43.2 Å². The van der Waals surface area contributed by atoms with E-state index in [1.807, 2.05) is 60.7 Å². The number of carboxylic acid groups (broad SMARTS) is 1. The SMILES string of the molecule is NC(=O)[C@H](CCc1ccccc1)NC(CCCCNC(=O)OCc1ccccc1)C(=O)O. The van der Waals surface area contributed by atoms with E-state index in [0.29, 0.717) is 38.6 Å². The highest BCUT2D eigenvalue weighted by Crippen LogP contribution is 2.08. The average Bonchev–Trinajstić information content (AvgIpc) is 2.79. The van der Waals surface area contributed by atoms with Crippen LogP contribution >= 0.6 is 0 Å². The number of aryl methyl sites for hydroxylation is 1. The standard InChI is InChI=1S/C24H31N3O5/c25-22(28)20(15-14-18-9-3-1-4-10-18)27-21(23(29)30)13-7-8-16-26-24(31)32-17-19-11-5-2-6-12-19/h1-6,9-12,20-21,27H,7-8,13-17H2,(H2,25,28)(H,26,31)(H,29,30)/t20-,21?/m0/s1. The summed E-state index contributed by atoms with van der Waals surface area (Å²) in [4.78, 5) is 35.2. The third-order valence-electron chi connectivity index (χ3n) is 5.01. The molecule has 2 aromatic carbocycles. The van der Waals surface area contributed by atoms with Crippen LogP contribution in [0.15, 0.2) is 60.7 Å². The molecule has 0 saturated carbocycles. The Balaban J connectivity index is 1.68. The Morgan fingerprint density at radius 2 is 1.50 bits per heavy atom. The quantitative estimate of drug-likeness (QED) is 0.333. The lowest BCUT2D eigenvalue weighted by molar-refractivity contribution is -0.140. The Kier molecular flexibility index (Phi) is 10.7. The molecule has 172 valence electrons. The van der Waals surface area contributed by atoms with Gasteiger partial charge in [-0.25, -0.2) is 4.79 Å². The normalized spacial score (nSPS) is 12.5. The Bertz CT molecular complexity index is 845. The lowest BCUT2D eigenvalue weighted by Gasteiger charge is -2.21. The van der Waals surface area contributed by atoms with Crippen molar-refractivity contribution in [2.75, 3.05) is 6.54 Å². The molecule has 0 fully saturated rings. The van der Waals surface area contributed by atoms with E-state index < -0.39 is 30.1 Å². The summed E-state index contributed by atoms with van der Waals surface area (Å²) in [6.45, 7) is 0.558. The lowest BCUT2D eigenvalue weighted by Crippen LogP contribution is -2.49. The molecule has 0 bridgehead atoms. The topological polar surface area (TPSA) is 131 Å². The highest BCUT2D eigenvalue weighted by Gasteiger charge is 2.24. The van der Waals surface area contributed by atoms with E-state index in [4.69, 9.17) is 10.5 Å². The monoisotopic (exact) mass is 441 g/mol. The molecule has 0 spiro atoms. The van der Waals surface area contributed by atoms with Crippen LogP contribution < -0.4 is 16.4 Å². The zero-order valence-corrected chi connectivity index (χ0v) is 18.0. The second-order valence-corrected chi connectivity index (χ2v) is 7.52. The molecule has 2 rings (SSSR count). The van der Waals surface area contributed by atoms with Crippen molar-refractivity contribution in [2.45, 2.75) is 50.8 Å². The molecular formula is C24H31N3O5. The number of carbonyl (C=O) groups excluding carboxylic acids is 2. The summed E-state index contributed by atoms with van der Waals surface area (Å²) in [5, 5.41) is 15.0. The summed E-state index contributed by atoms with van der Waals surface area (Å²) < 4.78 is 5.13. The van der Waals surface area contributed by atoms with E-state index >= 15 is 0 Å². The molecule has 0 aliphatic rings. The minimum Gasteiger partial charge on any atom is -0.480 e. The van der Waals surface area contributed by atoms with Gasteiger partial charge in [0, 0.05) is 6.54 Å². The maximum Gasteiger partial charge on any atom is 0.407 e. The minimum atomic E-state index is -1.04. The number of primary amides is 1. The van der Waals surface area contributed by atoms with Crippen LogP contribution in [0.2, 0.25) is 0 Å². The van der Waals surface area contributed by atoms with Gasteiger partial charge >= 0.3 is 12.1 Å². The highest BCUT2D eigenvalue weighted by molar-refractivity contribution is 5.81. The van der Waals surface area contributed by atoms with Crippen LogP contribution in [-0.4, -0.2) is 41.7 Å². The number of hydrogen-bond donors (Lipinski definition) is 4. The summed E-state index contributed by atoms with van der Waals surface area (Å²) in [6.07, 6.45) is 1.95. The van der Waals surface area contributed by atoms with Gasteiger partial charge in [-0.2, -0.15) is 0 Å². The molecule has 0 saturated heterocycles. The largest absolute Gasteiger partial charge is 0.480 e. The summed E-state index contributed by atoms with van der Waals surface area (Å²) >= 11 is 0. The zero-order valence-electron chi connectivity index (χ0n) is 18.0. The molecule has 2 amide bonds. The van der Waals surface area contributed by atoms with E-state index in [0.717, 1.165) is 11.1 Å². The zero-order chi connectivity index (χ0) is 23.2. The molecule has 32 heavy (non-hydrogen) atoms. The predicted molar refractivity (Wildman–Crippen MR) is 121 cm³/mol. The third kappa shape index (κ3) is 9.61. The van der Waals surface area contributed by atoms with Gasteiger partial charge in [0.1, 0.15) is 12.6 Å². The van der Waals surface area contributed by atoms with E-state index in [9.17, 15) is 19.5 Å². The van der Waals surface area contributed by atoms with Crippen LogP contribution in [0.1, 0.15) is 36.8 Å². The van der Waals surface area contributed by atoms with Crippen molar-refractivity contribution < 1.29 is 24.2 Å². The van der Waals surface area contributed by atoms with E-state index in [1.165, 1.54) is 0 Å². The fourth-order valence-electron chi connectivity index (χ4n) is 3.22. The first-order chi connectivity index (χ1) is 15.5. The van der Waals surface area contributed by atoms with Crippen LogP contribution in [0.3, 0.4) is 0 Å². The molecule has 2 aromatic rings. The molecule has 0 heterocycles. The second-order valence-electron chi connectivity index (χ2n) is 7.52. The lowest BCUT2D eigenvalue weighted by atomic mass is 10.0. The number of ether oxygens (including phenoxy) is 1. The fourth-order valence-corrected chi connectivity index (χ4v) is 3.22. The highest BCUT2D eigenvalue weighted by atomic mass is 16.5. The maximum atomic E-state index is 11.8. The van der Waals surface area contributed by atoms with Crippen LogP contribution in [0, 0.1) is 0 Å². The number of nitrogens with two attached hydrogens (primary N) is 1. The van der Waals surface area contributed by atoms with Gasteiger partial charge in [-0.3, -0.25) is 14.9 Å². The van der Waals surface area contributed by atoms with Gasteiger partial charge < -0.3 is 20.9 Å². The number of carboxylic acids is 1. The van der Waals surface area contributed by atoms with Crippen LogP contribution in [0.25, 0.3) is 0 Å². The summed E-state index contributed by atoms with van der Waals surface area (Å²) in [5.74, 6) is -1.61. The number of benzene rings is 2. The van der Waals surface area contributed by atoms with Crippen molar-refractivity contribution in [3.05, 3.63) is 71.8 Å². The number of unbranched alkanes of at least 4 members (excludes halogenated alkanes) is 1. The van der Waals surface area contributed by atoms with Crippen molar-refractivity contribution in [1.29, 1.82) is 0 Å². The van der Waals surface area contributed by atoms with E-state index in [1.54, 1.807) is 0 Å². The molecule has 8 heteroatoms. The maximum absolute atomic E-state index is 11.8. The van der Waals surface area contributed by atoms with Gasteiger partial charge in [0.15, 0.2) is 0 Å². The van der Waals surface area contributed by atoms with Gasteiger partial charge in [-0.1, -0.05) is 60.7 Å². The molecular weight excluding hydrogens is 410 g/mol. The predicted octanol–water partition coefficient (Wildman–Crippen LogP) is 2.61. The Labute approximate surface area is 188 Å². The Hall–Kier alpha value is -3.39. The Morgan fingerprint density at radius 3 is 2.09 bits per heavy atom. The summed E-state index contributed by atoms with van der Waals surface area (Å²) in [7, 11) is 0. The van der Waals surface area contributed by atoms with Crippen LogP contribution in [0.5, 0.6) is 0 Å². The first-order valence-corrected chi connectivity index (χ1v) is 10.7. The van der Waals surface area contributed by atoms with Gasteiger partial charge in [-0.15, -0.1) is 0 Å². The van der Waals surface area contributed by atoms with E-state index in [2.05, 4.69) is 10.6 Å². The second kappa shape index (κ2) is 13.8. The van der Waals surface area contributed by atoms with Gasteiger partial charge in [0.2, 0.25) is 5.91 Å². The number of alkyl carbamates (subject to hydrolysis) is 1. The number of nitrogens with one attached hydrogen (secondary N) is 2. The smallest absolute Gasteiger partial charge is 0.407 e. The average molecular weight is 442 g/mol. The molecule has 2 atom stereocenters. The molecule has 0 radical (unpaired) electrons. The number of carbonyl (C=O) groups is 3. The van der Waals surface area contributed by atoms with Gasteiger partial charge in [0.25, 0.3) is 0 Å². The first-order valence-electron chi connectivity index (χ1n) is 10.7. The number of hydrogen-bond acceptors (Lipinski definition) is 5. The fraction of sp³-hybridized carbons (Fsp3) is 0.375. The van der Waals surface area contributed by atoms with Crippen molar-refractivity contribution in [2.24, 2.45) is 5.73 Å². The van der Waals surface area contributed by atoms with Crippen LogP contribution in [0.4, 0.5) is 4.79 Å². The molecule has 0 aliphatic heterocycles. The molecule has 1 unspecified atom stereocenters. The summed E-state index contributed by atoms with van der Waals surface area (Å²) in [5.41, 5.74) is 7.42. The molecule has 0 aromatic heterocycles. The molecule has 5 N–H and O–H groups in total. The van der Waals surface area contributed by atoms with Crippen LogP contribution in [-0.2, 0) is 27.4 Å². The summed E-state index contributed by atoms with van der Waals surface area (Å²) in [6, 6.07) is 17.4. The third-order valence-corrected chi connectivity index (χ3v) is 5.01. The molecule has 0 aliphatic carbocycles. The number of rotatable bonds is 14. The number of aliphatic carboxylic acids is 1.